The lowest BCUT2D eigenvalue weighted by atomic mass is 10.2. The first-order chi connectivity index (χ1) is 12.7. The van der Waals surface area contributed by atoms with Gasteiger partial charge in [0, 0.05) is 12.1 Å². The molecule has 0 aliphatic heterocycles. The van der Waals surface area contributed by atoms with Crippen molar-refractivity contribution in [2.75, 3.05) is 31.6 Å². The molecule has 0 bridgehead atoms. The van der Waals surface area contributed by atoms with Crippen LogP contribution < -0.4 is 10.1 Å². The number of nitrogens with zero attached hydrogens (tertiary/aromatic N) is 2. The molecule has 26 heavy (non-hydrogen) atoms. The maximum absolute atomic E-state index is 10.8. The number of hydrogen-bond donors (Lipinski definition) is 2. The lowest BCUT2D eigenvalue weighted by Crippen LogP contribution is -2.27. The summed E-state index contributed by atoms with van der Waals surface area (Å²) in [5, 5.41) is 2.68. The van der Waals surface area contributed by atoms with Gasteiger partial charge in [0.2, 0.25) is 6.41 Å². The Morgan fingerprint density at radius 1 is 1.19 bits per heavy atom. The number of para-hydroxylation sites is 1. The van der Waals surface area contributed by atoms with Crippen LogP contribution in [-0.2, 0) is 4.79 Å². The maximum Gasteiger partial charge on any atom is 0.211 e. The molecule has 0 saturated heterocycles. The molecule has 136 valence electrons. The molecule has 1 amide bonds. The van der Waals surface area contributed by atoms with Crippen LogP contribution in [0.1, 0.15) is 13.8 Å². The number of benzene rings is 2. The highest BCUT2D eigenvalue weighted by Gasteiger charge is 2.09. The monoisotopic (exact) mass is 352 g/mol. The Hall–Kier alpha value is -2.86. The highest BCUT2D eigenvalue weighted by Crippen LogP contribution is 2.27. The molecule has 1 aromatic heterocycles. The van der Waals surface area contributed by atoms with Crippen LogP contribution in [0.5, 0.6) is 5.75 Å². The number of nitrogens with one attached hydrogen (secondary N) is 2. The van der Waals surface area contributed by atoms with Crippen LogP contribution in [0, 0.1) is 0 Å². The van der Waals surface area contributed by atoms with E-state index in [-0.39, 0.29) is 0 Å². The lowest BCUT2D eigenvalue weighted by Gasteiger charge is -2.18. The van der Waals surface area contributed by atoms with Crippen LogP contribution >= 0.6 is 0 Å². The predicted molar refractivity (Wildman–Crippen MR) is 104 cm³/mol. The van der Waals surface area contributed by atoms with E-state index in [9.17, 15) is 4.79 Å². The number of amides is 1. The second-order valence-corrected chi connectivity index (χ2v) is 5.95. The number of carbonyl (C=O) groups is 1. The Morgan fingerprint density at radius 3 is 2.77 bits per heavy atom. The molecule has 0 spiro atoms. The third-order valence-corrected chi connectivity index (χ3v) is 4.41. The molecule has 2 aromatic carbocycles. The van der Waals surface area contributed by atoms with Crippen LogP contribution in [0.15, 0.2) is 42.5 Å². The molecule has 0 unspecified atom stereocenters. The number of carbonyl (C=O) groups excluding carboxylic acids is 1. The summed E-state index contributed by atoms with van der Waals surface area (Å²) < 4.78 is 5.90. The Kier molecular flexibility index (Phi) is 5.86. The van der Waals surface area contributed by atoms with E-state index in [0.717, 1.165) is 47.8 Å². The second kappa shape index (κ2) is 8.49. The van der Waals surface area contributed by atoms with Gasteiger partial charge < -0.3 is 19.9 Å². The Balaban J connectivity index is 1.78. The predicted octanol–water partition coefficient (Wildman–Crippen LogP) is 3.52. The molecule has 3 aromatic rings. The molecule has 6 heteroatoms. The smallest absolute Gasteiger partial charge is 0.211 e. The van der Waals surface area contributed by atoms with Crippen LogP contribution in [0.4, 0.5) is 5.69 Å². The van der Waals surface area contributed by atoms with E-state index >= 15 is 0 Å². The quantitative estimate of drug-likeness (QED) is 0.578. The van der Waals surface area contributed by atoms with Crippen LogP contribution in [0.25, 0.3) is 22.4 Å². The largest absolute Gasteiger partial charge is 0.492 e. The van der Waals surface area contributed by atoms with Gasteiger partial charge in [-0.15, -0.1) is 0 Å². The summed E-state index contributed by atoms with van der Waals surface area (Å²) in [6.07, 6.45) is 0.660. The fourth-order valence-corrected chi connectivity index (χ4v) is 2.91. The van der Waals surface area contributed by atoms with Crippen molar-refractivity contribution in [2.45, 2.75) is 13.8 Å². The van der Waals surface area contributed by atoms with E-state index in [1.54, 1.807) is 0 Å². The van der Waals surface area contributed by atoms with E-state index in [1.807, 2.05) is 42.5 Å². The molecule has 0 atom stereocenters. The summed E-state index contributed by atoms with van der Waals surface area (Å²) in [5.74, 6) is 1.57. The number of anilines is 1. The summed E-state index contributed by atoms with van der Waals surface area (Å²) in [4.78, 5) is 21.0. The minimum Gasteiger partial charge on any atom is -0.492 e. The molecule has 2 N–H and O–H groups in total. The topological polar surface area (TPSA) is 70.2 Å². The summed E-state index contributed by atoms with van der Waals surface area (Å²) in [6, 6.07) is 13.5. The summed E-state index contributed by atoms with van der Waals surface area (Å²) in [7, 11) is 0. The van der Waals surface area contributed by atoms with Gasteiger partial charge in [-0.25, -0.2) is 4.98 Å². The first kappa shape index (κ1) is 17.9. The molecule has 6 nitrogen and oxygen atoms in total. The summed E-state index contributed by atoms with van der Waals surface area (Å²) in [6.45, 7) is 7.91. The van der Waals surface area contributed by atoms with Crippen LogP contribution in [-0.4, -0.2) is 47.5 Å². The lowest BCUT2D eigenvalue weighted by molar-refractivity contribution is -0.105. The zero-order chi connectivity index (χ0) is 18.4. The fourth-order valence-electron chi connectivity index (χ4n) is 2.91. The Morgan fingerprint density at radius 2 is 2.00 bits per heavy atom. The van der Waals surface area contributed by atoms with Gasteiger partial charge in [0.05, 0.1) is 11.2 Å². The van der Waals surface area contributed by atoms with Crippen molar-refractivity contribution in [3.05, 3.63) is 42.5 Å². The SMILES string of the molecule is CCN(CC)CCOc1cccc(-c2nc3c(NC=O)cccc3[nH]2)c1. The number of rotatable bonds is 9. The first-order valence-corrected chi connectivity index (χ1v) is 8.89. The van der Waals surface area contributed by atoms with Crippen molar-refractivity contribution < 1.29 is 9.53 Å². The Bertz CT molecular complexity index is 871. The normalized spacial score (nSPS) is 11.0. The zero-order valence-corrected chi connectivity index (χ0v) is 15.2. The number of imidazole rings is 1. The van der Waals surface area contributed by atoms with E-state index in [2.05, 4.69) is 34.0 Å². The molecule has 3 rings (SSSR count). The van der Waals surface area contributed by atoms with Crippen molar-refractivity contribution in [1.82, 2.24) is 14.9 Å². The third-order valence-electron chi connectivity index (χ3n) is 4.41. The highest BCUT2D eigenvalue weighted by atomic mass is 16.5. The van der Waals surface area contributed by atoms with Gasteiger partial charge in [0.15, 0.2) is 0 Å². The second-order valence-electron chi connectivity index (χ2n) is 5.95. The molecular formula is C20H24N4O2. The third kappa shape index (κ3) is 4.03. The molecule has 0 aliphatic carbocycles. The minimum absolute atomic E-state index is 0.651. The average Bonchev–Trinajstić information content (AvgIpc) is 3.11. The number of aromatic amines is 1. The number of H-pyrrole nitrogens is 1. The number of hydrogen-bond acceptors (Lipinski definition) is 4. The molecule has 0 radical (unpaired) electrons. The van der Waals surface area contributed by atoms with E-state index in [0.29, 0.717) is 18.7 Å². The van der Waals surface area contributed by atoms with Crippen LogP contribution in [0.2, 0.25) is 0 Å². The number of fused-ring (bicyclic) bond motifs is 1. The Labute approximate surface area is 153 Å². The summed E-state index contributed by atoms with van der Waals surface area (Å²) in [5.41, 5.74) is 3.24. The van der Waals surface area contributed by atoms with Crippen LogP contribution in [0.3, 0.4) is 0 Å². The minimum atomic E-state index is 0.651. The highest BCUT2D eigenvalue weighted by molar-refractivity contribution is 5.94. The van der Waals surface area contributed by atoms with E-state index in [4.69, 9.17) is 4.74 Å². The van der Waals surface area contributed by atoms with Crippen molar-refractivity contribution in [3.8, 4) is 17.1 Å². The van der Waals surface area contributed by atoms with Gasteiger partial charge in [-0.05, 0) is 37.4 Å². The van der Waals surface area contributed by atoms with Gasteiger partial charge in [0.25, 0.3) is 0 Å². The number of likely N-dealkylation sites (N-methyl/N-ethyl adjacent to an activating group) is 1. The van der Waals surface area contributed by atoms with E-state index in [1.165, 1.54) is 0 Å². The van der Waals surface area contributed by atoms with Gasteiger partial charge in [-0.3, -0.25) is 4.79 Å². The zero-order valence-electron chi connectivity index (χ0n) is 15.2. The molecule has 0 saturated carbocycles. The van der Waals surface area contributed by atoms with Gasteiger partial charge in [0.1, 0.15) is 23.7 Å². The molecule has 0 fully saturated rings. The van der Waals surface area contributed by atoms with Crippen molar-refractivity contribution >= 4 is 23.1 Å². The van der Waals surface area contributed by atoms with Crippen molar-refractivity contribution in [3.63, 3.8) is 0 Å². The average molecular weight is 352 g/mol. The molecule has 0 aliphatic rings. The van der Waals surface area contributed by atoms with Crippen molar-refractivity contribution in [2.24, 2.45) is 0 Å². The maximum atomic E-state index is 10.8. The van der Waals surface area contributed by atoms with E-state index < -0.39 is 0 Å². The summed E-state index contributed by atoms with van der Waals surface area (Å²) >= 11 is 0. The standard InChI is InChI=1S/C20H24N4O2/c1-3-24(4-2)11-12-26-16-8-5-7-15(13-16)20-22-18-10-6-9-17(21-14-25)19(18)23-20/h5-10,13-14H,3-4,11-12H2,1-2H3,(H,21,25)(H,22,23). The first-order valence-electron chi connectivity index (χ1n) is 8.89. The van der Waals surface area contributed by atoms with Gasteiger partial charge >= 0.3 is 0 Å². The number of ether oxygens (including phenoxy) is 1. The van der Waals surface area contributed by atoms with Gasteiger partial charge in [-0.2, -0.15) is 0 Å². The van der Waals surface area contributed by atoms with Gasteiger partial charge in [-0.1, -0.05) is 32.0 Å². The number of aromatic nitrogens is 2. The molecular weight excluding hydrogens is 328 g/mol. The molecule has 1 heterocycles. The fraction of sp³-hybridized carbons (Fsp3) is 0.300. The van der Waals surface area contributed by atoms with Crippen molar-refractivity contribution in [1.29, 1.82) is 0 Å².